The third kappa shape index (κ3) is 3.19. The van der Waals surface area contributed by atoms with Crippen LogP contribution in [0.1, 0.15) is 23.0 Å². The van der Waals surface area contributed by atoms with Crippen molar-refractivity contribution in [3.8, 4) is 0 Å². The van der Waals surface area contributed by atoms with Gasteiger partial charge >= 0.3 is 5.69 Å². The number of anilines is 1. The molecule has 3 N–H and O–H groups in total. The number of aromatic amines is 2. The normalized spacial score (nSPS) is 10.2. The Labute approximate surface area is 108 Å². The molecule has 6 heteroatoms. The Morgan fingerprint density at radius 2 is 1.84 bits per heavy atom. The Kier molecular flexibility index (Phi) is 3.61. The molecule has 19 heavy (non-hydrogen) atoms. The number of H-pyrrole nitrogens is 2. The maximum absolute atomic E-state index is 11.8. The summed E-state index contributed by atoms with van der Waals surface area (Å²) in [5.74, 6) is -0.535. The summed E-state index contributed by atoms with van der Waals surface area (Å²) in [5.41, 5.74) is 0.355. The topological polar surface area (TPSA) is 94.8 Å². The van der Waals surface area contributed by atoms with E-state index in [1.165, 1.54) is 0 Å². The quantitative estimate of drug-likeness (QED) is 0.763. The van der Waals surface area contributed by atoms with E-state index >= 15 is 0 Å². The number of aromatic nitrogens is 2. The second-order valence-corrected chi connectivity index (χ2v) is 4.01. The van der Waals surface area contributed by atoms with E-state index < -0.39 is 17.2 Å². The van der Waals surface area contributed by atoms with Gasteiger partial charge in [0.05, 0.1) is 0 Å². The lowest BCUT2D eigenvalue weighted by Gasteiger charge is -2.05. The van der Waals surface area contributed by atoms with Gasteiger partial charge < -0.3 is 10.3 Å². The molecule has 0 saturated carbocycles. The molecule has 1 aromatic carbocycles. The van der Waals surface area contributed by atoms with Gasteiger partial charge in [0.2, 0.25) is 0 Å². The third-order valence-electron chi connectivity index (χ3n) is 2.63. The predicted molar refractivity (Wildman–Crippen MR) is 71.5 cm³/mol. The molecule has 0 aliphatic heterocycles. The lowest BCUT2D eigenvalue weighted by atomic mass is 10.1. The number of amides is 1. The van der Waals surface area contributed by atoms with Crippen LogP contribution in [0.2, 0.25) is 0 Å². The third-order valence-corrected chi connectivity index (χ3v) is 2.63. The lowest BCUT2D eigenvalue weighted by Crippen LogP contribution is -2.27. The van der Waals surface area contributed by atoms with Crippen molar-refractivity contribution in [1.29, 1.82) is 0 Å². The Hall–Kier alpha value is -2.63. The second kappa shape index (κ2) is 5.34. The first-order valence-electron chi connectivity index (χ1n) is 5.82. The van der Waals surface area contributed by atoms with Gasteiger partial charge in [-0.15, -0.1) is 0 Å². The van der Waals surface area contributed by atoms with Crippen molar-refractivity contribution in [2.45, 2.75) is 13.3 Å². The van der Waals surface area contributed by atoms with Gasteiger partial charge in [0.15, 0.2) is 0 Å². The molecular formula is C13H13N3O3. The van der Waals surface area contributed by atoms with E-state index in [1.807, 2.05) is 24.0 Å². The highest BCUT2D eigenvalue weighted by Gasteiger charge is 2.08. The van der Waals surface area contributed by atoms with Crippen molar-refractivity contribution < 1.29 is 4.79 Å². The van der Waals surface area contributed by atoms with Crippen LogP contribution in [0.5, 0.6) is 0 Å². The van der Waals surface area contributed by atoms with Crippen molar-refractivity contribution >= 4 is 11.6 Å². The van der Waals surface area contributed by atoms with Crippen LogP contribution in [0.4, 0.5) is 5.69 Å². The summed E-state index contributed by atoms with van der Waals surface area (Å²) in [5, 5.41) is 2.60. The first-order valence-corrected chi connectivity index (χ1v) is 5.82. The zero-order valence-corrected chi connectivity index (χ0v) is 10.3. The number of rotatable bonds is 3. The van der Waals surface area contributed by atoms with Crippen LogP contribution in [0.15, 0.2) is 39.9 Å². The fraction of sp³-hybridized carbons (Fsp3) is 0.154. The minimum atomic E-state index is -0.709. The molecule has 2 rings (SSSR count). The molecule has 1 heterocycles. The van der Waals surface area contributed by atoms with E-state index in [0.717, 1.165) is 18.1 Å². The Bertz CT molecular complexity index is 670. The maximum Gasteiger partial charge on any atom is 0.326 e. The summed E-state index contributed by atoms with van der Waals surface area (Å²) in [7, 11) is 0. The van der Waals surface area contributed by atoms with Gasteiger partial charge in [0.1, 0.15) is 5.69 Å². The van der Waals surface area contributed by atoms with Crippen LogP contribution in [-0.4, -0.2) is 15.9 Å². The predicted octanol–water partition coefficient (Wildman–Crippen LogP) is 0.878. The van der Waals surface area contributed by atoms with Gasteiger partial charge in [-0.05, 0) is 24.1 Å². The highest BCUT2D eigenvalue weighted by molar-refractivity contribution is 6.02. The molecule has 0 atom stereocenters. The number of hydrogen-bond donors (Lipinski definition) is 3. The summed E-state index contributed by atoms with van der Waals surface area (Å²) in [6.07, 6.45) is 0.912. The summed E-state index contributed by atoms with van der Waals surface area (Å²) < 4.78 is 0. The van der Waals surface area contributed by atoms with Crippen molar-refractivity contribution in [1.82, 2.24) is 9.97 Å². The largest absolute Gasteiger partial charge is 0.326 e. The molecule has 6 nitrogen and oxygen atoms in total. The highest BCUT2D eigenvalue weighted by atomic mass is 16.2. The average Bonchev–Trinajstić information content (AvgIpc) is 2.38. The molecule has 0 spiro atoms. The molecule has 98 valence electrons. The summed E-state index contributed by atoms with van der Waals surface area (Å²) in [6, 6.07) is 8.37. The standard InChI is InChI=1S/C13H13N3O3/c1-2-8-3-5-9(6-4-8)14-12(18)10-7-11(17)16-13(19)15-10/h3-7H,2H2,1H3,(H,14,18)(H2,15,16,17,19). The molecule has 0 aliphatic rings. The van der Waals surface area contributed by atoms with E-state index in [4.69, 9.17) is 0 Å². The van der Waals surface area contributed by atoms with E-state index in [2.05, 4.69) is 10.3 Å². The Morgan fingerprint density at radius 3 is 2.42 bits per heavy atom. The van der Waals surface area contributed by atoms with E-state index in [1.54, 1.807) is 12.1 Å². The number of carbonyl (C=O) groups excluding carboxylic acids is 1. The van der Waals surface area contributed by atoms with Gasteiger partial charge in [-0.2, -0.15) is 0 Å². The first kappa shape index (κ1) is 12.8. The van der Waals surface area contributed by atoms with Crippen LogP contribution in [0, 0.1) is 0 Å². The van der Waals surface area contributed by atoms with E-state index in [9.17, 15) is 14.4 Å². The minimum Gasteiger partial charge on any atom is -0.321 e. The fourth-order valence-corrected chi connectivity index (χ4v) is 1.61. The lowest BCUT2D eigenvalue weighted by molar-refractivity contribution is 0.102. The monoisotopic (exact) mass is 259 g/mol. The molecule has 1 amide bonds. The molecule has 2 aromatic rings. The number of carbonyl (C=O) groups is 1. The van der Waals surface area contributed by atoms with Crippen LogP contribution in [0.25, 0.3) is 0 Å². The second-order valence-electron chi connectivity index (χ2n) is 4.01. The van der Waals surface area contributed by atoms with Crippen molar-refractivity contribution in [2.24, 2.45) is 0 Å². The van der Waals surface area contributed by atoms with Crippen LogP contribution >= 0.6 is 0 Å². The molecular weight excluding hydrogens is 246 g/mol. The summed E-state index contributed by atoms with van der Waals surface area (Å²) >= 11 is 0. The van der Waals surface area contributed by atoms with Gasteiger partial charge in [-0.1, -0.05) is 19.1 Å². The fourth-order valence-electron chi connectivity index (χ4n) is 1.61. The molecule has 0 radical (unpaired) electrons. The Balaban J connectivity index is 2.20. The molecule has 0 unspecified atom stereocenters. The minimum absolute atomic E-state index is 0.0756. The van der Waals surface area contributed by atoms with Crippen LogP contribution in [0.3, 0.4) is 0 Å². The zero-order chi connectivity index (χ0) is 13.8. The molecule has 0 aliphatic carbocycles. The number of nitrogens with one attached hydrogen (secondary N) is 3. The highest BCUT2D eigenvalue weighted by Crippen LogP contribution is 2.10. The van der Waals surface area contributed by atoms with E-state index in [0.29, 0.717) is 5.69 Å². The average molecular weight is 259 g/mol. The van der Waals surface area contributed by atoms with Crippen molar-refractivity contribution in [3.63, 3.8) is 0 Å². The number of benzene rings is 1. The molecule has 0 fully saturated rings. The van der Waals surface area contributed by atoms with Gasteiger partial charge in [-0.25, -0.2) is 4.79 Å². The van der Waals surface area contributed by atoms with Crippen molar-refractivity contribution in [2.75, 3.05) is 5.32 Å². The van der Waals surface area contributed by atoms with Crippen LogP contribution in [-0.2, 0) is 6.42 Å². The summed E-state index contributed by atoms with van der Waals surface area (Å²) in [4.78, 5) is 38.3. The molecule has 1 aromatic heterocycles. The smallest absolute Gasteiger partial charge is 0.321 e. The van der Waals surface area contributed by atoms with E-state index in [-0.39, 0.29) is 5.69 Å². The maximum atomic E-state index is 11.8. The number of hydrogen-bond acceptors (Lipinski definition) is 3. The van der Waals surface area contributed by atoms with Crippen molar-refractivity contribution in [3.05, 3.63) is 62.4 Å². The van der Waals surface area contributed by atoms with Gasteiger partial charge in [0.25, 0.3) is 11.5 Å². The number of aryl methyl sites for hydroxylation is 1. The summed E-state index contributed by atoms with van der Waals surface area (Å²) in [6.45, 7) is 2.04. The SMILES string of the molecule is CCc1ccc(NC(=O)c2cc(=O)[nH]c(=O)[nH]2)cc1. The first-order chi connectivity index (χ1) is 9.08. The van der Waals surface area contributed by atoms with Gasteiger partial charge in [-0.3, -0.25) is 14.6 Å². The Morgan fingerprint density at radius 1 is 1.16 bits per heavy atom. The van der Waals surface area contributed by atoms with Gasteiger partial charge in [0, 0.05) is 11.8 Å². The molecule has 0 saturated heterocycles. The zero-order valence-electron chi connectivity index (χ0n) is 10.3. The van der Waals surface area contributed by atoms with Crippen LogP contribution < -0.4 is 16.6 Å². The molecule has 0 bridgehead atoms.